The minimum Gasteiger partial charge on any atom is -0.465 e. The highest BCUT2D eigenvalue weighted by Crippen LogP contribution is 2.42. The predicted octanol–water partition coefficient (Wildman–Crippen LogP) is 2.03. The third-order valence-electron chi connectivity index (χ3n) is 2.95. The number of hydrogen-bond acceptors (Lipinski definition) is 4. The van der Waals surface area contributed by atoms with Crippen molar-refractivity contribution in [3.8, 4) is 0 Å². The fourth-order valence-electron chi connectivity index (χ4n) is 2.12. The second-order valence-corrected chi connectivity index (χ2v) is 6.31. The van der Waals surface area contributed by atoms with E-state index < -0.39 is 36.3 Å². The van der Waals surface area contributed by atoms with Crippen molar-refractivity contribution in [2.45, 2.75) is 30.2 Å². The number of Topliss-reactive ketones (excluding diaryl/α,β-unsaturated/α-hetero) is 1. The van der Waals surface area contributed by atoms with Crippen LogP contribution in [0.2, 0.25) is 0 Å². The van der Waals surface area contributed by atoms with Crippen molar-refractivity contribution in [1.29, 1.82) is 0 Å². The normalized spacial score (nSPS) is 14.4. The summed E-state index contributed by atoms with van der Waals surface area (Å²) in [4.78, 5) is 23.2. The van der Waals surface area contributed by atoms with Crippen LogP contribution in [0.25, 0.3) is 0 Å². The Balaban J connectivity index is 2.44. The van der Waals surface area contributed by atoms with Crippen LogP contribution in [0, 0.1) is 0 Å². The fourth-order valence-corrected chi connectivity index (χ4v) is 2.86. The van der Waals surface area contributed by atoms with Crippen LogP contribution in [0.1, 0.15) is 35.1 Å². The molecular formula is C12H13F2IN2O3. The highest BCUT2D eigenvalue weighted by atomic mass is 127. The summed E-state index contributed by atoms with van der Waals surface area (Å²) in [7, 11) is 0. The van der Waals surface area contributed by atoms with Crippen LogP contribution >= 0.6 is 20.7 Å². The molecule has 0 radical (unpaired) electrons. The summed E-state index contributed by atoms with van der Waals surface area (Å²) in [6.07, 6.45) is 0.501. The number of halogens is 3. The van der Waals surface area contributed by atoms with Gasteiger partial charge in [-0.15, -0.1) is 0 Å². The summed E-state index contributed by atoms with van der Waals surface area (Å²) < 4.78 is 33.8. The Morgan fingerprint density at radius 1 is 1.55 bits per heavy atom. The quantitative estimate of drug-likeness (QED) is 0.433. The fraction of sp³-hybridized carbons (Fsp3) is 0.500. The van der Waals surface area contributed by atoms with E-state index in [4.69, 9.17) is 4.74 Å². The van der Waals surface area contributed by atoms with Crippen LogP contribution in [0.5, 0.6) is 0 Å². The van der Waals surface area contributed by atoms with Gasteiger partial charge in [-0.25, -0.2) is 0 Å². The van der Waals surface area contributed by atoms with Crippen molar-refractivity contribution in [3.05, 3.63) is 17.0 Å². The molecule has 1 aliphatic rings. The van der Waals surface area contributed by atoms with E-state index in [0.717, 1.165) is 0 Å². The Hall–Kier alpha value is -1.19. The van der Waals surface area contributed by atoms with E-state index in [9.17, 15) is 18.4 Å². The molecule has 0 bridgehead atoms. The van der Waals surface area contributed by atoms with Gasteiger partial charge in [0.05, 0.1) is 17.9 Å². The number of esters is 1. The number of alkyl halides is 3. The van der Waals surface area contributed by atoms with Gasteiger partial charge in [-0.3, -0.25) is 14.3 Å². The molecule has 0 aromatic carbocycles. The van der Waals surface area contributed by atoms with E-state index in [-0.39, 0.29) is 30.9 Å². The Labute approximate surface area is 124 Å². The van der Waals surface area contributed by atoms with Gasteiger partial charge in [0.25, 0.3) is 0 Å². The second-order valence-electron chi connectivity index (χ2n) is 4.19. The average Bonchev–Trinajstić information content (AvgIpc) is 2.93. The average molecular weight is 398 g/mol. The van der Waals surface area contributed by atoms with Crippen LogP contribution in [0.15, 0.2) is 0 Å². The first-order valence-electron chi connectivity index (χ1n) is 5.97. The molecule has 1 aromatic heterocycles. The van der Waals surface area contributed by atoms with Crippen LogP contribution < -0.4 is 0 Å². The van der Waals surface area contributed by atoms with Crippen LogP contribution in [0.4, 0.5) is 8.78 Å². The Morgan fingerprint density at radius 2 is 2.25 bits per heavy atom. The standard InChI is InChI=1S/C12H13F2IN2O3/c1-3-20-9(19)6-17-7-4-5-8(18)10(7)11(16-17)12(13,14)15-2/h2-6H2,1H3. The third kappa shape index (κ3) is 2.65. The van der Waals surface area contributed by atoms with Crippen molar-refractivity contribution in [2.24, 2.45) is 0 Å². The van der Waals surface area contributed by atoms with Crippen molar-refractivity contribution in [1.82, 2.24) is 9.78 Å². The van der Waals surface area contributed by atoms with Crippen LogP contribution in [-0.4, -0.2) is 32.7 Å². The number of nitrogens with zero attached hydrogens (tertiary/aromatic N) is 2. The van der Waals surface area contributed by atoms with Gasteiger partial charge < -0.3 is 4.74 Å². The van der Waals surface area contributed by atoms with Gasteiger partial charge in [-0.05, 0) is 34.1 Å². The smallest absolute Gasteiger partial charge is 0.335 e. The van der Waals surface area contributed by atoms with E-state index >= 15 is 0 Å². The SMILES string of the molecule is C=IC(F)(F)c1nn(CC(=O)OCC)c2c1C(=O)CC2. The first-order chi connectivity index (χ1) is 9.40. The zero-order valence-corrected chi connectivity index (χ0v) is 12.9. The molecule has 20 heavy (non-hydrogen) atoms. The number of fused-ring (bicyclic) bond motifs is 1. The molecule has 0 aliphatic heterocycles. The Kier molecular flexibility index (Phi) is 4.31. The maximum Gasteiger partial charge on any atom is 0.335 e. The number of ether oxygens (including phenoxy) is 1. The van der Waals surface area contributed by atoms with Gasteiger partial charge in [0, 0.05) is 6.42 Å². The number of carbonyl (C=O) groups excluding carboxylic acids is 2. The molecule has 1 aliphatic carbocycles. The third-order valence-corrected chi connectivity index (χ3v) is 4.41. The van der Waals surface area contributed by atoms with Crippen molar-refractivity contribution in [2.75, 3.05) is 6.61 Å². The molecule has 0 fully saturated rings. The van der Waals surface area contributed by atoms with Gasteiger partial charge in [-0.1, -0.05) is 4.51 Å². The molecular weight excluding hydrogens is 385 g/mol. The van der Waals surface area contributed by atoms with Crippen LogP contribution in [-0.2, 0) is 26.4 Å². The van der Waals surface area contributed by atoms with E-state index in [1.807, 2.05) is 0 Å². The molecule has 0 saturated carbocycles. The zero-order valence-electron chi connectivity index (χ0n) is 10.8. The molecule has 0 saturated heterocycles. The molecule has 2 rings (SSSR count). The number of ketones is 1. The molecule has 8 heteroatoms. The van der Waals surface area contributed by atoms with Crippen LogP contribution in [0.3, 0.4) is 0 Å². The van der Waals surface area contributed by atoms with Gasteiger partial charge in [0.2, 0.25) is 0 Å². The molecule has 1 heterocycles. The molecule has 0 atom stereocenters. The molecule has 0 unspecified atom stereocenters. The summed E-state index contributed by atoms with van der Waals surface area (Å²) in [5, 5.41) is 3.78. The highest BCUT2D eigenvalue weighted by Gasteiger charge is 2.41. The molecule has 0 spiro atoms. The van der Waals surface area contributed by atoms with E-state index in [1.54, 1.807) is 6.92 Å². The second kappa shape index (κ2) is 5.66. The van der Waals surface area contributed by atoms with Crippen molar-refractivity contribution in [3.63, 3.8) is 0 Å². The first-order valence-corrected chi connectivity index (χ1v) is 8.57. The van der Waals surface area contributed by atoms with E-state index in [2.05, 4.69) is 9.61 Å². The lowest BCUT2D eigenvalue weighted by Crippen LogP contribution is -2.17. The summed E-state index contributed by atoms with van der Waals surface area (Å²) in [5.41, 5.74) is -0.153. The van der Waals surface area contributed by atoms with Gasteiger partial charge in [-0.2, -0.15) is 13.9 Å². The van der Waals surface area contributed by atoms with Gasteiger partial charge in [0.15, 0.2) is 11.5 Å². The number of hydrogen-bond donors (Lipinski definition) is 0. The molecule has 110 valence electrons. The minimum atomic E-state index is -3.16. The summed E-state index contributed by atoms with van der Waals surface area (Å²) in [6, 6.07) is 0. The molecule has 0 N–H and O–H groups in total. The first kappa shape index (κ1) is 15.2. The van der Waals surface area contributed by atoms with Gasteiger partial charge >= 0.3 is 9.90 Å². The Bertz CT molecular complexity index is 584. The number of aromatic nitrogens is 2. The predicted molar refractivity (Wildman–Crippen MR) is 76.5 cm³/mol. The lowest BCUT2D eigenvalue weighted by Gasteiger charge is -2.08. The maximum absolute atomic E-state index is 13.9. The van der Waals surface area contributed by atoms with Crippen molar-refractivity contribution < 1.29 is 23.1 Å². The highest BCUT2D eigenvalue weighted by molar-refractivity contribution is 14.2. The lowest BCUT2D eigenvalue weighted by molar-refractivity contribution is -0.144. The number of carbonyl (C=O) groups is 2. The Morgan fingerprint density at radius 3 is 2.85 bits per heavy atom. The maximum atomic E-state index is 13.9. The topological polar surface area (TPSA) is 61.2 Å². The zero-order chi connectivity index (χ0) is 14.9. The van der Waals surface area contributed by atoms with Crippen molar-refractivity contribution >= 4 is 37.0 Å². The lowest BCUT2D eigenvalue weighted by atomic mass is 10.2. The monoisotopic (exact) mass is 398 g/mol. The summed E-state index contributed by atoms with van der Waals surface area (Å²) in [6.45, 7) is 1.60. The van der Waals surface area contributed by atoms with Gasteiger partial charge in [0.1, 0.15) is 6.54 Å². The largest absolute Gasteiger partial charge is 0.465 e. The molecule has 5 nitrogen and oxygen atoms in total. The van der Waals surface area contributed by atoms with E-state index in [1.165, 1.54) is 4.68 Å². The summed E-state index contributed by atoms with van der Waals surface area (Å²) >= 11 is -1.69. The molecule has 0 amide bonds. The molecule has 1 aromatic rings. The van der Waals surface area contributed by atoms with E-state index in [0.29, 0.717) is 12.1 Å². The minimum absolute atomic E-state index is 0.0253. The number of rotatable bonds is 5. The summed E-state index contributed by atoms with van der Waals surface area (Å²) in [5.74, 6) is -0.904.